The summed E-state index contributed by atoms with van der Waals surface area (Å²) in [6.45, 7) is 16.4. The summed E-state index contributed by atoms with van der Waals surface area (Å²) in [5.41, 5.74) is 1.42. The molecule has 0 bridgehead atoms. The third-order valence-electron chi connectivity index (χ3n) is 7.89. The van der Waals surface area contributed by atoms with Crippen molar-refractivity contribution in [1.29, 1.82) is 0 Å². The number of aryl methyl sites for hydroxylation is 1. The second-order valence-electron chi connectivity index (χ2n) is 14.4. The molecule has 1 aromatic carbocycles. The lowest BCUT2D eigenvalue weighted by atomic mass is 10.0. The summed E-state index contributed by atoms with van der Waals surface area (Å²) < 4.78 is 16.8. The Morgan fingerprint density at radius 2 is 1.89 bits per heavy atom. The molecule has 0 radical (unpaired) electrons. The Morgan fingerprint density at radius 1 is 1.16 bits per heavy atom. The SMILES string of the molecule is Cn1cc2c(Cl)c(-c3cn(COCC[Si](C)(C)C)c4nc(N5CC[C@](C)(NC(=O)OC(C)(C)C)C5)n(C)c(=O)c34)ccc2n1. The normalized spacial score (nSPS) is 17.6. The molecule has 0 unspecified atom stereocenters. The van der Waals surface area contributed by atoms with Crippen LogP contribution in [0.2, 0.25) is 30.7 Å². The Bertz CT molecular complexity index is 1780. The monoisotopic (exact) mass is 641 g/mol. The van der Waals surface area contributed by atoms with E-state index in [9.17, 15) is 9.59 Å². The zero-order valence-corrected chi connectivity index (χ0v) is 29.0. The van der Waals surface area contributed by atoms with Crippen LogP contribution in [0, 0.1) is 0 Å². The molecule has 1 fully saturated rings. The van der Waals surface area contributed by atoms with E-state index in [2.05, 4.69) is 30.1 Å². The third-order valence-corrected chi connectivity index (χ3v) is 10.00. The van der Waals surface area contributed by atoms with Crippen LogP contribution in [0.15, 0.2) is 29.3 Å². The summed E-state index contributed by atoms with van der Waals surface area (Å²) in [6.07, 6.45) is 4.01. The molecule has 4 heterocycles. The molecule has 4 aromatic rings. The van der Waals surface area contributed by atoms with E-state index in [-0.39, 0.29) is 12.3 Å². The lowest BCUT2D eigenvalue weighted by molar-refractivity contribution is 0.0473. The van der Waals surface area contributed by atoms with Gasteiger partial charge in [-0.25, -0.2) is 4.79 Å². The molecule has 0 aliphatic carbocycles. The molecule has 1 aliphatic heterocycles. The highest BCUT2D eigenvalue weighted by atomic mass is 35.5. The van der Waals surface area contributed by atoms with Crippen molar-refractivity contribution >= 4 is 53.7 Å². The maximum atomic E-state index is 14.1. The van der Waals surface area contributed by atoms with Gasteiger partial charge in [-0.05, 0) is 46.2 Å². The number of rotatable bonds is 8. The molecule has 0 saturated carbocycles. The van der Waals surface area contributed by atoms with Crippen molar-refractivity contribution < 1.29 is 14.3 Å². The van der Waals surface area contributed by atoms with Gasteiger partial charge in [0.25, 0.3) is 5.56 Å². The summed E-state index contributed by atoms with van der Waals surface area (Å²) in [6, 6.07) is 4.85. The summed E-state index contributed by atoms with van der Waals surface area (Å²) in [5, 5.41) is 9.32. The summed E-state index contributed by atoms with van der Waals surface area (Å²) >= 11 is 6.94. The predicted molar refractivity (Wildman–Crippen MR) is 178 cm³/mol. The topological polar surface area (TPSA) is 108 Å². The second-order valence-corrected chi connectivity index (χ2v) is 20.4. The summed E-state index contributed by atoms with van der Waals surface area (Å²) in [7, 11) is 2.30. The molecule has 44 heavy (non-hydrogen) atoms. The van der Waals surface area contributed by atoms with Crippen molar-refractivity contribution in [2.45, 2.75) is 77.7 Å². The van der Waals surface area contributed by atoms with Crippen LogP contribution in [-0.2, 0) is 30.3 Å². The van der Waals surface area contributed by atoms with Gasteiger partial charge in [-0.3, -0.25) is 14.0 Å². The number of carbonyl (C=O) groups is 1. The van der Waals surface area contributed by atoms with Crippen molar-refractivity contribution in [2.75, 3.05) is 24.6 Å². The van der Waals surface area contributed by atoms with Crippen LogP contribution >= 0.6 is 11.6 Å². The number of nitrogens with one attached hydrogen (secondary N) is 1. The lowest BCUT2D eigenvalue weighted by Crippen LogP contribution is -2.50. The van der Waals surface area contributed by atoms with E-state index in [0.717, 1.165) is 22.5 Å². The number of aromatic nitrogens is 5. The first-order chi connectivity index (χ1) is 20.4. The van der Waals surface area contributed by atoms with Crippen molar-refractivity contribution in [3.05, 3.63) is 39.9 Å². The van der Waals surface area contributed by atoms with Gasteiger partial charge in [0, 0.05) is 70.8 Å². The van der Waals surface area contributed by atoms with Crippen LogP contribution in [0.4, 0.5) is 10.7 Å². The number of nitrogens with zero attached hydrogens (tertiary/aromatic N) is 6. The molecule has 1 N–H and O–H groups in total. The molecule has 11 nitrogen and oxygen atoms in total. The van der Waals surface area contributed by atoms with E-state index in [1.165, 1.54) is 0 Å². The Labute approximate surface area is 264 Å². The fourth-order valence-electron chi connectivity index (χ4n) is 5.60. The lowest BCUT2D eigenvalue weighted by Gasteiger charge is -2.29. The number of hydrogen-bond acceptors (Lipinski definition) is 7. The van der Waals surface area contributed by atoms with E-state index in [0.29, 0.717) is 53.7 Å². The number of anilines is 1. The van der Waals surface area contributed by atoms with Crippen LogP contribution in [0.5, 0.6) is 0 Å². The first-order valence-electron chi connectivity index (χ1n) is 15.0. The van der Waals surface area contributed by atoms with Crippen molar-refractivity contribution in [3.8, 4) is 11.1 Å². The summed E-state index contributed by atoms with van der Waals surface area (Å²) in [5.74, 6) is 0.527. The van der Waals surface area contributed by atoms with Crippen LogP contribution < -0.4 is 15.8 Å². The van der Waals surface area contributed by atoms with Gasteiger partial charge in [-0.1, -0.05) is 37.3 Å². The molecule has 1 aliphatic rings. The van der Waals surface area contributed by atoms with Gasteiger partial charge in [0.05, 0.1) is 21.5 Å². The molecule has 0 spiro atoms. The largest absolute Gasteiger partial charge is 0.444 e. The Hall–Kier alpha value is -3.35. The van der Waals surface area contributed by atoms with Gasteiger partial charge < -0.3 is 24.3 Å². The second kappa shape index (κ2) is 11.5. The van der Waals surface area contributed by atoms with Gasteiger partial charge >= 0.3 is 6.09 Å². The van der Waals surface area contributed by atoms with Crippen LogP contribution in [0.3, 0.4) is 0 Å². The van der Waals surface area contributed by atoms with E-state index in [4.69, 9.17) is 26.1 Å². The van der Waals surface area contributed by atoms with E-state index in [1.807, 2.05) is 68.7 Å². The third kappa shape index (κ3) is 6.67. The Balaban J connectivity index is 1.55. The number of benzene rings is 1. The number of alkyl carbamates (subject to hydrolysis) is 1. The highest BCUT2D eigenvalue weighted by Crippen LogP contribution is 2.38. The quantitative estimate of drug-likeness (QED) is 0.193. The summed E-state index contributed by atoms with van der Waals surface area (Å²) in [4.78, 5) is 33.8. The molecule has 238 valence electrons. The molecule has 5 rings (SSSR count). The maximum Gasteiger partial charge on any atom is 0.408 e. The number of halogens is 1. The van der Waals surface area contributed by atoms with E-state index < -0.39 is 25.3 Å². The maximum absolute atomic E-state index is 14.1. The van der Waals surface area contributed by atoms with Crippen molar-refractivity contribution in [2.24, 2.45) is 14.1 Å². The number of carbonyl (C=O) groups excluding carboxylic acids is 1. The number of hydrogen-bond donors (Lipinski definition) is 1. The first-order valence-corrected chi connectivity index (χ1v) is 19.1. The van der Waals surface area contributed by atoms with Crippen LogP contribution in [0.1, 0.15) is 34.1 Å². The molecule has 13 heteroatoms. The predicted octanol–water partition coefficient (Wildman–Crippen LogP) is 5.75. The van der Waals surface area contributed by atoms with Crippen molar-refractivity contribution in [1.82, 2.24) is 29.2 Å². The molecular weight excluding hydrogens is 598 g/mol. The fraction of sp³-hybridized carbons (Fsp3) is 0.548. The van der Waals surface area contributed by atoms with Gasteiger partial charge in [0.15, 0.2) is 5.65 Å². The number of amides is 1. The minimum absolute atomic E-state index is 0.183. The average molecular weight is 642 g/mol. The van der Waals surface area contributed by atoms with E-state index in [1.54, 1.807) is 16.3 Å². The number of ether oxygens (including phenoxy) is 2. The number of fused-ring (bicyclic) bond motifs is 2. The van der Waals surface area contributed by atoms with Crippen LogP contribution in [0.25, 0.3) is 33.1 Å². The van der Waals surface area contributed by atoms with Gasteiger partial charge in [0.1, 0.15) is 12.3 Å². The molecular formula is C31H44ClN7O4Si. The minimum Gasteiger partial charge on any atom is -0.444 e. The van der Waals surface area contributed by atoms with E-state index >= 15 is 0 Å². The standard InChI is InChI=1S/C31H44ClN7O4Si/c1-30(2,3)43-29(41)34-31(4)12-13-38(18-31)28-33-26-24(27(40)37(28)6)21(17-39(26)19-42-14-15-44(7,8)9)20-10-11-23-22(25(20)32)16-36(5)35-23/h10-11,16-17H,12-15,18-19H2,1-9H3,(H,34,41)/t31-/m0/s1. The highest BCUT2D eigenvalue weighted by molar-refractivity contribution is 6.76. The minimum atomic E-state index is -1.28. The zero-order chi connectivity index (χ0) is 32.2. The highest BCUT2D eigenvalue weighted by Gasteiger charge is 2.38. The molecule has 1 saturated heterocycles. The van der Waals surface area contributed by atoms with Gasteiger partial charge in [-0.2, -0.15) is 10.1 Å². The Morgan fingerprint density at radius 3 is 2.57 bits per heavy atom. The molecule has 1 amide bonds. The van der Waals surface area contributed by atoms with Crippen molar-refractivity contribution in [3.63, 3.8) is 0 Å². The molecule has 3 aromatic heterocycles. The van der Waals surface area contributed by atoms with Gasteiger partial charge in [0.2, 0.25) is 5.95 Å². The zero-order valence-electron chi connectivity index (χ0n) is 27.2. The average Bonchev–Trinajstić information content (AvgIpc) is 3.57. The fourth-order valence-corrected chi connectivity index (χ4v) is 6.67. The smallest absolute Gasteiger partial charge is 0.408 e. The first kappa shape index (κ1) is 32.1. The van der Waals surface area contributed by atoms with Gasteiger partial charge in [-0.15, -0.1) is 0 Å². The Kier molecular flexibility index (Phi) is 8.40. The van der Waals surface area contributed by atoms with Crippen LogP contribution in [-0.4, -0.2) is 68.9 Å². The molecule has 1 atom stereocenters.